The number of rotatable bonds is 21. The summed E-state index contributed by atoms with van der Waals surface area (Å²) in [7, 11) is -2.80. The molecule has 0 spiro atoms. The molecule has 0 amide bonds. The quantitative estimate of drug-likeness (QED) is 0.117. The molecule has 0 aromatic rings. The van der Waals surface area contributed by atoms with Crippen molar-refractivity contribution in [1.82, 2.24) is 16.0 Å². The van der Waals surface area contributed by atoms with E-state index in [1.165, 1.54) is 0 Å². The molecule has 4 nitrogen and oxygen atoms in total. The summed E-state index contributed by atoms with van der Waals surface area (Å²) >= 11 is 0. The summed E-state index contributed by atoms with van der Waals surface area (Å²) in [4.78, 5) is 0. The number of hydrogen-bond donors (Lipinski definition) is 3. The van der Waals surface area contributed by atoms with E-state index in [0.29, 0.717) is 0 Å². The standard InChI is InChI=1S/C27H54N3OP/c1-7-13-19-28-25(16-10-4)22-32(31,23-26(17-11-5)29-20-14-8-2)24-27(18-12-6)30-21-15-9-3/h22-24,28-30H,7-21H2,1-6H3. The molecule has 0 rings (SSSR count). The summed E-state index contributed by atoms with van der Waals surface area (Å²) < 4.78 is 14.4. The van der Waals surface area contributed by atoms with E-state index >= 15 is 0 Å². The molecular formula is C27H54N3OP. The Balaban J connectivity index is 6.16. The molecule has 0 aliphatic rings. The van der Waals surface area contributed by atoms with Crippen LogP contribution in [-0.2, 0) is 4.57 Å². The van der Waals surface area contributed by atoms with E-state index in [-0.39, 0.29) is 0 Å². The molecule has 188 valence electrons. The van der Waals surface area contributed by atoms with E-state index in [2.05, 4.69) is 74.9 Å². The largest absolute Gasteiger partial charge is 0.388 e. The summed E-state index contributed by atoms with van der Waals surface area (Å²) in [6.45, 7) is 16.0. The van der Waals surface area contributed by atoms with Gasteiger partial charge in [-0.1, -0.05) is 80.1 Å². The fraction of sp³-hybridized carbons (Fsp3) is 0.778. The highest BCUT2D eigenvalue weighted by Gasteiger charge is 2.18. The Hall–Kier alpha value is -1.15. The van der Waals surface area contributed by atoms with Crippen molar-refractivity contribution >= 4 is 7.14 Å². The summed E-state index contributed by atoms with van der Waals surface area (Å²) in [5, 5.41) is 10.7. The minimum Gasteiger partial charge on any atom is -0.388 e. The smallest absolute Gasteiger partial charge is 0.155 e. The molecule has 32 heavy (non-hydrogen) atoms. The van der Waals surface area contributed by atoms with Crippen LogP contribution in [0.3, 0.4) is 0 Å². The Morgan fingerprint density at radius 1 is 0.531 bits per heavy atom. The van der Waals surface area contributed by atoms with Crippen LogP contribution in [0.1, 0.15) is 119 Å². The minimum absolute atomic E-state index is 0.939. The van der Waals surface area contributed by atoms with Gasteiger partial charge in [0.05, 0.1) is 0 Å². The van der Waals surface area contributed by atoms with E-state index in [0.717, 1.165) is 114 Å². The molecule has 0 aromatic heterocycles. The summed E-state index contributed by atoms with van der Waals surface area (Å²) in [6.07, 6.45) is 12.8. The van der Waals surface area contributed by atoms with Gasteiger partial charge in [0.15, 0.2) is 7.14 Å². The van der Waals surface area contributed by atoms with Crippen molar-refractivity contribution in [3.8, 4) is 0 Å². The summed E-state index contributed by atoms with van der Waals surface area (Å²) in [5.41, 5.74) is 3.39. The Kier molecular flexibility index (Phi) is 19.7. The van der Waals surface area contributed by atoms with Crippen LogP contribution in [0.2, 0.25) is 0 Å². The zero-order chi connectivity index (χ0) is 24.1. The maximum atomic E-state index is 14.4. The molecule has 0 atom stereocenters. The zero-order valence-electron chi connectivity index (χ0n) is 22.2. The van der Waals surface area contributed by atoms with Gasteiger partial charge in [0, 0.05) is 54.2 Å². The third kappa shape index (κ3) is 15.6. The van der Waals surface area contributed by atoms with Gasteiger partial charge in [-0.25, -0.2) is 0 Å². The van der Waals surface area contributed by atoms with Crippen LogP contribution >= 0.6 is 7.14 Å². The number of nitrogens with one attached hydrogen (secondary N) is 3. The van der Waals surface area contributed by atoms with Crippen LogP contribution in [0, 0.1) is 0 Å². The third-order valence-corrected chi connectivity index (χ3v) is 7.42. The lowest BCUT2D eigenvalue weighted by Gasteiger charge is -2.18. The Morgan fingerprint density at radius 3 is 1.03 bits per heavy atom. The molecular weight excluding hydrogens is 413 g/mol. The first-order valence-corrected chi connectivity index (χ1v) is 15.4. The zero-order valence-corrected chi connectivity index (χ0v) is 23.1. The molecule has 0 saturated carbocycles. The van der Waals surface area contributed by atoms with Gasteiger partial charge in [-0.2, -0.15) is 0 Å². The monoisotopic (exact) mass is 467 g/mol. The van der Waals surface area contributed by atoms with Crippen molar-refractivity contribution in [3.63, 3.8) is 0 Å². The molecule has 0 heterocycles. The van der Waals surface area contributed by atoms with Gasteiger partial charge in [0.25, 0.3) is 0 Å². The molecule has 3 N–H and O–H groups in total. The second-order valence-electron chi connectivity index (χ2n) is 8.82. The predicted octanol–water partition coefficient (Wildman–Crippen LogP) is 8.44. The molecule has 0 fully saturated rings. The maximum Gasteiger partial charge on any atom is 0.155 e. The number of allylic oxidation sites excluding steroid dienone is 3. The first-order valence-electron chi connectivity index (χ1n) is 13.4. The van der Waals surface area contributed by atoms with Crippen molar-refractivity contribution in [2.75, 3.05) is 19.6 Å². The van der Waals surface area contributed by atoms with Gasteiger partial charge >= 0.3 is 0 Å². The van der Waals surface area contributed by atoms with Crippen molar-refractivity contribution in [3.05, 3.63) is 34.5 Å². The van der Waals surface area contributed by atoms with E-state index in [1.54, 1.807) is 0 Å². The van der Waals surface area contributed by atoms with Crippen molar-refractivity contribution in [2.45, 2.75) is 119 Å². The van der Waals surface area contributed by atoms with Gasteiger partial charge in [-0.3, -0.25) is 0 Å². The lowest BCUT2D eigenvalue weighted by Crippen LogP contribution is -2.16. The van der Waals surface area contributed by atoms with Gasteiger partial charge < -0.3 is 20.5 Å². The van der Waals surface area contributed by atoms with Crippen LogP contribution in [-0.4, -0.2) is 19.6 Å². The second-order valence-corrected chi connectivity index (χ2v) is 11.1. The van der Waals surface area contributed by atoms with Gasteiger partial charge in [0.2, 0.25) is 0 Å². The summed E-state index contributed by atoms with van der Waals surface area (Å²) in [5.74, 6) is 6.17. The average molecular weight is 468 g/mol. The van der Waals surface area contributed by atoms with E-state index in [4.69, 9.17) is 0 Å². The van der Waals surface area contributed by atoms with Crippen molar-refractivity contribution < 1.29 is 4.57 Å². The summed E-state index contributed by atoms with van der Waals surface area (Å²) in [6, 6.07) is 0. The highest BCUT2D eigenvalue weighted by atomic mass is 31.2. The Labute approximate surface area is 200 Å². The van der Waals surface area contributed by atoms with Gasteiger partial charge in [-0.05, 0) is 38.5 Å². The van der Waals surface area contributed by atoms with Crippen LogP contribution < -0.4 is 16.0 Å². The second kappa shape index (κ2) is 20.5. The maximum absolute atomic E-state index is 14.4. The van der Waals surface area contributed by atoms with Crippen LogP contribution in [0.5, 0.6) is 0 Å². The fourth-order valence-electron chi connectivity index (χ4n) is 3.52. The molecule has 0 aromatic carbocycles. The normalized spacial score (nSPS) is 14.9. The highest BCUT2D eigenvalue weighted by Crippen LogP contribution is 2.53. The first-order chi connectivity index (χ1) is 15.5. The first kappa shape index (κ1) is 30.9. The Morgan fingerprint density at radius 2 is 0.812 bits per heavy atom. The van der Waals surface area contributed by atoms with E-state index < -0.39 is 7.14 Å². The van der Waals surface area contributed by atoms with Crippen LogP contribution in [0.4, 0.5) is 0 Å². The van der Waals surface area contributed by atoms with Crippen LogP contribution in [0.15, 0.2) is 34.5 Å². The number of unbranched alkanes of at least 4 members (excludes halogenated alkanes) is 3. The van der Waals surface area contributed by atoms with Crippen molar-refractivity contribution in [1.29, 1.82) is 0 Å². The molecule has 0 aliphatic heterocycles. The Bertz CT molecular complexity index is 515. The predicted molar refractivity (Wildman–Crippen MR) is 145 cm³/mol. The van der Waals surface area contributed by atoms with E-state index in [1.807, 2.05) is 0 Å². The molecule has 0 bridgehead atoms. The van der Waals surface area contributed by atoms with Crippen molar-refractivity contribution in [2.24, 2.45) is 0 Å². The molecule has 0 aliphatic carbocycles. The van der Waals surface area contributed by atoms with Gasteiger partial charge in [0.1, 0.15) is 0 Å². The highest BCUT2D eigenvalue weighted by molar-refractivity contribution is 7.73. The third-order valence-electron chi connectivity index (χ3n) is 5.28. The molecule has 5 heteroatoms. The molecule has 0 radical (unpaired) electrons. The fourth-order valence-corrected chi connectivity index (χ4v) is 5.87. The van der Waals surface area contributed by atoms with Crippen LogP contribution in [0.25, 0.3) is 0 Å². The molecule has 0 saturated heterocycles. The van der Waals surface area contributed by atoms with Gasteiger partial charge in [-0.15, -0.1) is 0 Å². The lowest BCUT2D eigenvalue weighted by atomic mass is 10.2. The average Bonchev–Trinajstić information content (AvgIpc) is 2.74. The SMILES string of the molecule is CCCCNC(=CP(=O)(C=C(CCC)NCCCC)C=C(CCC)NCCCC)CCC. The topological polar surface area (TPSA) is 53.2 Å². The minimum atomic E-state index is -2.80. The van der Waals surface area contributed by atoms with E-state index in [9.17, 15) is 4.57 Å². The number of hydrogen-bond acceptors (Lipinski definition) is 4. The molecule has 0 unspecified atom stereocenters. The lowest BCUT2D eigenvalue weighted by molar-refractivity contribution is 0.588.